The molecule has 2 aliphatic heterocycles. The SMILES string of the molecule is Cc1nccn1-c1cccc([C@@H]2CCCN(C(=O)CN3CCOCC3)C2)n1. The number of likely N-dealkylation sites (tertiary alicyclic amines) is 1. The molecule has 0 radical (unpaired) electrons. The van der Waals surface area contributed by atoms with Gasteiger partial charge in [-0.05, 0) is 31.9 Å². The number of ether oxygens (including phenoxy) is 1. The fourth-order valence-electron chi connectivity index (χ4n) is 3.92. The summed E-state index contributed by atoms with van der Waals surface area (Å²) in [6.45, 7) is 7.20. The first kappa shape index (κ1) is 18.1. The fourth-order valence-corrected chi connectivity index (χ4v) is 3.92. The Balaban J connectivity index is 1.43. The van der Waals surface area contributed by atoms with Crippen LogP contribution in [0.3, 0.4) is 0 Å². The van der Waals surface area contributed by atoms with Gasteiger partial charge in [-0.15, -0.1) is 0 Å². The first-order valence-corrected chi connectivity index (χ1v) is 9.76. The Labute approximate surface area is 160 Å². The van der Waals surface area contributed by atoms with Crippen LogP contribution in [0, 0.1) is 6.92 Å². The molecule has 1 amide bonds. The third kappa shape index (κ3) is 4.20. The van der Waals surface area contributed by atoms with Crippen LogP contribution >= 0.6 is 0 Å². The number of hydrogen-bond acceptors (Lipinski definition) is 5. The zero-order chi connectivity index (χ0) is 18.6. The topological polar surface area (TPSA) is 63.5 Å². The number of hydrogen-bond donors (Lipinski definition) is 0. The van der Waals surface area contributed by atoms with Gasteiger partial charge in [-0.3, -0.25) is 14.3 Å². The van der Waals surface area contributed by atoms with Crippen LogP contribution in [0.25, 0.3) is 5.82 Å². The van der Waals surface area contributed by atoms with Gasteiger partial charge in [-0.25, -0.2) is 9.97 Å². The van der Waals surface area contributed by atoms with Gasteiger partial charge in [0.2, 0.25) is 5.91 Å². The van der Waals surface area contributed by atoms with Crippen molar-refractivity contribution in [3.8, 4) is 5.82 Å². The van der Waals surface area contributed by atoms with Gasteiger partial charge in [0.15, 0.2) is 0 Å². The molecule has 144 valence electrons. The van der Waals surface area contributed by atoms with Crippen molar-refractivity contribution >= 4 is 5.91 Å². The van der Waals surface area contributed by atoms with Gasteiger partial charge in [0, 0.05) is 50.2 Å². The van der Waals surface area contributed by atoms with Crippen molar-refractivity contribution in [3.05, 3.63) is 42.1 Å². The predicted octanol–water partition coefficient (Wildman–Crippen LogP) is 1.61. The molecule has 7 heteroatoms. The molecular formula is C20H27N5O2. The number of carbonyl (C=O) groups is 1. The van der Waals surface area contributed by atoms with Gasteiger partial charge >= 0.3 is 0 Å². The Hall–Kier alpha value is -2.25. The Morgan fingerprint density at radius 3 is 2.89 bits per heavy atom. The first-order valence-electron chi connectivity index (χ1n) is 9.76. The molecule has 2 fully saturated rings. The van der Waals surface area contributed by atoms with E-state index in [1.54, 1.807) is 6.20 Å². The number of piperidine rings is 1. The minimum absolute atomic E-state index is 0.225. The summed E-state index contributed by atoms with van der Waals surface area (Å²) in [6.07, 6.45) is 5.81. The number of pyridine rings is 1. The molecule has 4 heterocycles. The van der Waals surface area contributed by atoms with Crippen LogP contribution in [0.4, 0.5) is 0 Å². The zero-order valence-electron chi connectivity index (χ0n) is 15.9. The number of rotatable bonds is 4. The largest absolute Gasteiger partial charge is 0.379 e. The standard InChI is InChI=1S/C20H27N5O2/c1-16-21-7-9-25(16)19-6-2-5-18(22-19)17-4-3-8-24(14-17)20(26)15-23-10-12-27-13-11-23/h2,5-7,9,17H,3-4,8,10-15H2,1H3/t17-/m1/s1. The number of aryl methyl sites for hydroxylation is 1. The monoisotopic (exact) mass is 369 g/mol. The van der Waals surface area contributed by atoms with E-state index in [0.717, 1.165) is 69.6 Å². The Morgan fingerprint density at radius 1 is 1.26 bits per heavy atom. The van der Waals surface area contributed by atoms with Crippen LogP contribution in [0.5, 0.6) is 0 Å². The van der Waals surface area contributed by atoms with Crippen LogP contribution in [-0.4, -0.2) is 76.2 Å². The molecule has 0 aromatic carbocycles. The van der Waals surface area contributed by atoms with Crippen LogP contribution in [-0.2, 0) is 9.53 Å². The summed E-state index contributed by atoms with van der Waals surface area (Å²) in [7, 11) is 0. The van der Waals surface area contributed by atoms with E-state index in [9.17, 15) is 4.79 Å². The lowest BCUT2D eigenvalue weighted by Gasteiger charge is -2.35. The van der Waals surface area contributed by atoms with E-state index in [0.29, 0.717) is 6.54 Å². The molecule has 2 saturated heterocycles. The van der Waals surface area contributed by atoms with E-state index in [2.05, 4.69) is 16.0 Å². The number of morpholine rings is 1. The summed E-state index contributed by atoms with van der Waals surface area (Å²) in [6, 6.07) is 6.13. The summed E-state index contributed by atoms with van der Waals surface area (Å²) >= 11 is 0. The summed E-state index contributed by atoms with van der Waals surface area (Å²) in [5.74, 6) is 2.32. The second-order valence-corrected chi connectivity index (χ2v) is 7.33. The third-order valence-corrected chi connectivity index (χ3v) is 5.48. The predicted molar refractivity (Wildman–Crippen MR) is 102 cm³/mol. The van der Waals surface area contributed by atoms with E-state index < -0.39 is 0 Å². The summed E-state index contributed by atoms with van der Waals surface area (Å²) < 4.78 is 7.36. The molecule has 0 N–H and O–H groups in total. The van der Waals surface area contributed by atoms with Crippen LogP contribution in [0.15, 0.2) is 30.6 Å². The van der Waals surface area contributed by atoms with E-state index in [4.69, 9.17) is 9.72 Å². The second-order valence-electron chi connectivity index (χ2n) is 7.33. The summed E-state index contributed by atoms with van der Waals surface area (Å²) in [5.41, 5.74) is 1.06. The number of carbonyl (C=O) groups excluding carboxylic acids is 1. The highest BCUT2D eigenvalue weighted by Gasteiger charge is 2.27. The minimum Gasteiger partial charge on any atom is -0.379 e. The Bertz CT molecular complexity index is 784. The highest BCUT2D eigenvalue weighted by atomic mass is 16.5. The van der Waals surface area contributed by atoms with Gasteiger partial charge in [-0.2, -0.15) is 0 Å². The molecule has 27 heavy (non-hydrogen) atoms. The normalized spacial score (nSPS) is 21.4. The average molecular weight is 369 g/mol. The number of aromatic nitrogens is 3. The lowest BCUT2D eigenvalue weighted by atomic mass is 9.94. The fraction of sp³-hybridized carbons (Fsp3) is 0.550. The highest BCUT2D eigenvalue weighted by molar-refractivity contribution is 5.78. The summed E-state index contributed by atoms with van der Waals surface area (Å²) in [5, 5.41) is 0. The smallest absolute Gasteiger partial charge is 0.236 e. The molecule has 0 aliphatic carbocycles. The molecule has 4 rings (SSSR count). The van der Waals surface area contributed by atoms with Gasteiger partial charge in [0.25, 0.3) is 0 Å². The molecule has 1 atom stereocenters. The van der Waals surface area contributed by atoms with Gasteiger partial charge in [0.05, 0.1) is 19.8 Å². The Kier molecular flexibility index (Phi) is 5.50. The van der Waals surface area contributed by atoms with Crippen molar-refractivity contribution in [2.45, 2.75) is 25.7 Å². The van der Waals surface area contributed by atoms with Crippen molar-refractivity contribution in [1.82, 2.24) is 24.3 Å². The van der Waals surface area contributed by atoms with Crippen LogP contribution < -0.4 is 0 Å². The quantitative estimate of drug-likeness (QED) is 0.819. The lowest BCUT2D eigenvalue weighted by molar-refractivity contribution is -0.134. The molecule has 0 saturated carbocycles. The van der Waals surface area contributed by atoms with E-state index in [1.807, 2.05) is 34.7 Å². The highest BCUT2D eigenvalue weighted by Crippen LogP contribution is 2.26. The number of amides is 1. The maximum Gasteiger partial charge on any atom is 0.236 e. The second kappa shape index (κ2) is 8.19. The molecular weight excluding hydrogens is 342 g/mol. The zero-order valence-corrected chi connectivity index (χ0v) is 15.9. The molecule has 7 nitrogen and oxygen atoms in total. The van der Waals surface area contributed by atoms with E-state index in [-0.39, 0.29) is 11.8 Å². The van der Waals surface area contributed by atoms with Crippen molar-refractivity contribution in [1.29, 1.82) is 0 Å². The van der Waals surface area contributed by atoms with Gasteiger partial charge in [-0.1, -0.05) is 6.07 Å². The molecule has 0 bridgehead atoms. The Morgan fingerprint density at radius 2 is 2.11 bits per heavy atom. The van der Waals surface area contributed by atoms with Gasteiger partial charge in [0.1, 0.15) is 11.6 Å². The molecule has 2 aromatic rings. The van der Waals surface area contributed by atoms with E-state index >= 15 is 0 Å². The van der Waals surface area contributed by atoms with Gasteiger partial charge < -0.3 is 9.64 Å². The van der Waals surface area contributed by atoms with Crippen molar-refractivity contribution < 1.29 is 9.53 Å². The lowest BCUT2D eigenvalue weighted by Crippen LogP contribution is -2.47. The van der Waals surface area contributed by atoms with Crippen molar-refractivity contribution in [2.75, 3.05) is 45.9 Å². The third-order valence-electron chi connectivity index (χ3n) is 5.48. The average Bonchev–Trinajstić information content (AvgIpc) is 3.15. The maximum absolute atomic E-state index is 12.8. The van der Waals surface area contributed by atoms with Crippen molar-refractivity contribution in [3.63, 3.8) is 0 Å². The molecule has 0 unspecified atom stereocenters. The maximum atomic E-state index is 12.8. The van der Waals surface area contributed by atoms with E-state index in [1.165, 1.54) is 0 Å². The van der Waals surface area contributed by atoms with Crippen molar-refractivity contribution in [2.24, 2.45) is 0 Å². The first-order chi connectivity index (χ1) is 13.2. The summed E-state index contributed by atoms with van der Waals surface area (Å²) in [4.78, 5) is 26.1. The molecule has 0 spiro atoms. The number of imidazole rings is 1. The van der Waals surface area contributed by atoms with Crippen LogP contribution in [0.2, 0.25) is 0 Å². The number of nitrogens with zero attached hydrogens (tertiary/aromatic N) is 5. The molecule has 2 aliphatic rings. The molecule has 2 aromatic heterocycles. The van der Waals surface area contributed by atoms with Crippen LogP contribution in [0.1, 0.15) is 30.3 Å². The minimum atomic E-state index is 0.225.